The minimum absolute atomic E-state index is 0.0868. The van der Waals surface area contributed by atoms with Gasteiger partial charge in [0.2, 0.25) is 0 Å². The first kappa shape index (κ1) is 17.3. The van der Waals surface area contributed by atoms with Crippen molar-refractivity contribution in [3.63, 3.8) is 0 Å². The molecule has 0 aliphatic carbocycles. The molecule has 0 radical (unpaired) electrons. The Morgan fingerprint density at radius 2 is 2.00 bits per heavy atom. The average Bonchev–Trinajstić information content (AvgIpc) is 2.83. The highest BCUT2D eigenvalue weighted by Gasteiger charge is 2.30. The Hall–Kier alpha value is -2.57. The van der Waals surface area contributed by atoms with Crippen molar-refractivity contribution < 1.29 is 14.7 Å². The minimum atomic E-state index is -1.06. The molecule has 0 atom stereocenters. The number of amidine groups is 1. The minimum Gasteiger partial charge on any atom is -0.478 e. The quantitative estimate of drug-likeness (QED) is 0.817. The molecular formula is C18H13ClN2O3S. The van der Waals surface area contributed by atoms with Crippen LogP contribution in [0.4, 0.5) is 5.69 Å². The normalized spacial score (nSPS) is 17.5. The number of likely N-dealkylation sites (N-methyl/N-ethyl adjacent to an activating group) is 1. The van der Waals surface area contributed by atoms with Crippen molar-refractivity contribution in [2.75, 3.05) is 7.05 Å². The SMILES string of the molecule is CN1C(=O)/C(=C/c2cccc(Cl)c2)SC1=Nc1ccccc1C(=O)O. The number of carboxylic acid groups (broad SMARTS) is 1. The van der Waals surface area contributed by atoms with Gasteiger partial charge in [-0.05, 0) is 47.7 Å². The topological polar surface area (TPSA) is 70.0 Å². The molecule has 0 aromatic heterocycles. The van der Waals surface area contributed by atoms with E-state index in [2.05, 4.69) is 4.99 Å². The molecule has 1 aliphatic heterocycles. The molecule has 5 nitrogen and oxygen atoms in total. The first-order valence-corrected chi connectivity index (χ1v) is 8.49. The smallest absolute Gasteiger partial charge is 0.337 e. The molecule has 2 aromatic rings. The highest BCUT2D eigenvalue weighted by atomic mass is 35.5. The van der Waals surface area contributed by atoms with Gasteiger partial charge in [0.25, 0.3) is 5.91 Å². The second kappa shape index (κ2) is 7.13. The van der Waals surface area contributed by atoms with Crippen LogP contribution in [-0.2, 0) is 4.79 Å². The maximum atomic E-state index is 12.4. The molecule has 1 heterocycles. The van der Waals surface area contributed by atoms with Crippen molar-refractivity contribution >= 4 is 52.2 Å². The van der Waals surface area contributed by atoms with Crippen molar-refractivity contribution in [1.29, 1.82) is 0 Å². The predicted octanol–water partition coefficient (Wildman–Crippen LogP) is 4.27. The Labute approximate surface area is 153 Å². The summed E-state index contributed by atoms with van der Waals surface area (Å²) in [5, 5.41) is 10.3. The van der Waals surface area contributed by atoms with E-state index < -0.39 is 5.97 Å². The van der Waals surface area contributed by atoms with Crippen LogP contribution < -0.4 is 0 Å². The van der Waals surface area contributed by atoms with Crippen molar-refractivity contribution in [2.24, 2.45) is 4.99 Å². The van der Waals surface area contributed by atoms with Gasteiger partial charge in [0.15, 0.2) is 5.17 Å². The molecule has 0 bridgehead atoms. The van der Waals surface area contributed by atoms with E-state index in [4.69, 9.17) is 11.6 Å². The molecule has 126 valence electrons. The molecule has 1 fully saturated rings. The van der Waals surface area contributed by atoms with Crippen LogP contribution in [-0.4, -0.2) is 34.1 Å². The lowest BCUT2D eigenvalue weighted by Crippen LogP contribution is -2.23. The summed E-state index contributed by atoms with van der Waals surface area (Å²) >= 11 is 7.16. The molecule has 1 aliphatic rings. The number of nitrogens with zero attached hydrogens (tertiary/aromatic N) is 2. The number of amides is 1. The molecule has 25 heavy (non-hydrogen) atoms. The summed E-state index contributed by atoms with van der Waals surface area (Å²) in [4.78, 5) is 30.0. The lowest BCUT2D eigenvalue weighted by Gasteiger charge is -2.08. The van der Waals surface area contributed by atoms with Crippen molar-refractivity contribution in [3.05, 3.63) is 69.6 Å². The number of aromatic carboxylic acids is 1. The van der Waals surface area contributed by atoms with Crippen LogP contribution in [0.3, 0.4) is 0 Å². The standard InChI is InChI=1S/C18H13ClN2O3S/c1-21-16(22)15(10-11-5-4-6-12(19)9-11)25-18(21)20-14-8-3-2-7-13(14)17(23)24/h2-10H,1H3,(H,23,24)/b15-10-,20-18?. The first-order chi connectivity index (χ1) is 12.0. The van der Waals surface area contributed by atoms with Gasteiger partial charge in [-0.25, -0.2) is 9.79 Å². The highest BCUT2D eigenvalue weighted by molar-refractivity contribution is 8.18. The van der Waals surface area contributed by atoms with Crippen LogP contribution in [0, 0.1) is 0 Å². The maximum absolute atomic E-state index is 12.4. The number of para-hydroxylation sites is 1. The number of aliphatic imine (C=N–C) groups is 1. The third-order valence-corrected chi connectivity index (χ3v) is 4.80. The number of benzene rings is 2. The van der Waals surface area contributed by atoms with E-state index >= 15 is 0 Å². The third-order valence-electron chi connectivity index (χ3n) is 3.50. The molecule has 1 amide bonds. The summed E-state index contributed by atoms with van der Waals surface area (Å²) in [5.74, 6) is -1.26. The summed E-state index contributed by atoms with van der Waals surface area (Å²) in [5.41, 5.74) is 1.20. The lowest BCUT2D eigenvalue weighted by atomic mass is 10.2. The fourth-order valence-corrected chi connectivity index (χ4v) is 3.43. The Morgan fingerprint density at radius 3 is 2.72 bits per heavy atom. The fraction of sp³-hybridized carbons (Fsp3) is 0.0556. The zero-order valence-electron chi connectivity index (χ0n) is 13.1. The van der Waals surface area contributed by atoms with Crippen LogP contribution in [0.5, 0.6) is 0 Å². The zero-order chi connectivity index (χ0) is 18.0. The second-order valence-electron chi connectivity index (χ2n) is 5.25. The molecule has 3 rings (SSSR count). The van der Waals surface area contributed by atoms with Crippen molar-refractivity contribution in [3.8, 4) is 0 Å². The van der Waals surface area contributed by atoms with Crippen LogP contribution in [0.1, 0.15) is 15.9 Å². The van der Waals surface area contributed by atoms with E-state index in [1.807, 2.05) is 6.07 Å². The van der Waals surface area contributed by atoms with Crippen LogP contribution >= 0.6 is 23.4 Å². The van der Waals surface area contributed by atoms with Crippen LogP contribution in [0.2, 0.25) is 5.02 Å². The number of carbonyl (C=O) groups excluding carboxylic acids is 1. The summed E-state index contributed by atoms with van der Waals surface area (Å²) < 4.78 is 0. The van der Waals surface area contributed by atoms with Gasteiger partial charge in [-0.2, -0.15) is 0 Å². The monoisotopic (exact) mass is 372 g/mol. The molecule has 0 unspecified atom stereocenters. The Bertz CT molecular complexity index is 924. The molecular weight excluding hydrogens is 360 g/mol. The number of carbonyl (C=O) groups is 2. The number of hydrogen-bond acceptors (Lipinski definition) is 4. The van der Waals surface area contributed by atoms with Gasteiger partial charge < -0.3 is 5.11 Å². The van der Waals surface area contributed by atoms with E-state index in [1.165, 1.54) is 22.7 Å². The molecule has 2 aromatic carbocycles. The summed E-state index contributed by atoms with van der Waals surface area (Å²) in [6.07, 6.45) is 1.74. The Kier molecular flexibility index (Phi) is 4.92. The number of thioether (sulfide) groups is 1. The molecule has 1 N–H and O–H groups in total. The zero-order valence-corrected chi connectivity index (χ0v) is 14.7. The number of hydrogen-bond donors (Lipinski definition) is 1. The third kappa shape index (κ3) is 3.75. The predicted molar refractivity (Wildman–Crippen MR) is 100 cm³/mol. The van der Waals surface area contributed by atoms with Crippen LogP contribution in [0.25, 0.3) is 6.08 Å². The highest BCUT2D eigenvalue weighted by Crippen LogP contribution is 2.34. The van der Waals surface area contributed by atoms with Crippen molar-refractivity contribution in [1.82, 2.24) is 4.90 Å². The van der Waals surface area contributed by atoms with Gasteiger partial charge in [-0.3, -0.25) is 9.69 Å². The Balaban J connectivity index is 1.95. The molecule has 1 saturated heterocycles. The van der Waals surface area contributed by atoms with E-state index in [0.29, 0.717) is 20.8 Å². The lowest BCUT2D eigenvalue weighted by molar-refractivity contribution is -0.121. The van der Waals surface area contributed by atoms with Gasteiger partial charge in [-0.1, -0.05) is 35.9 Å². The molecule has 7 heteroatoms. The number of carboxylic acids is 1. The largest absolute Gasteiger partial charge is 0.478 e. The van der Waals surface area contributed by atoms with E-state index in [1.54, 1.807) is 49.5 Å². The van der Waals surface area contributed by atoms with Gasteiger partial charge in [0, 0.05) is 12.1 Å². The molecule has 0 spiro atoms. The Morgan fingerprint density at radius 1 is 1.24 bits per heavy atom. The van der Waals surface area contributed by atoms with Gasteiger partial charge in [-0.15, -0.1) is 0 Å². The molecule has 0 saturated carbocycles. The fourth-order valence-electron chi connectivity index (χ4n) is 2.25. The first-order valence-electron chi connectivity index (χ1n) is 7.30. The number of halogens is 1. The van der Waals surface area contributed by atoms with E-state index in [-0.39, 0.29) is 11.5 Å². The second-order valence-corrected chi connectivity index (χ2v) is 6.69. The number of rotatable bonds is 3. The van der Waals surface area contributed by atoms with Gasteiger partial charge in [0.05, 0.1) is 16.2 Å². The average molecular weight is 373 g/mol. The summed E-state index contributed by atoms with van der Waals surface area (Å²) in [6.45, 7) is 0. The van der Waals surface area contributed by atoms with Crippen LogP contribution in [0.15, 0.2) is 58.4 Å². The van der Waals surface area contributed by atoms with Crippen molar-refractivity contribution in [2.45, 2.75) is 0 Å². The van der Waals surface area contributed by atoms with Gasteiger partial charge in [0.1, 0.15) is 0 Å². The maximum Gasteiger partial charge on any atom is 0.337 e. The van der Waals surface area contributed by atoms with E-state index in [0.717, 1.165) is 5.56 Å². The summed E-state index contributed by atoms with van der Waals surface area (Å²) in [6, 6.07) is 13.6. The summed E-state index contributed by atoms with van der Waals surface area (Å²) in [7, 11) is 1.61. The van der Waals surface area contributed by atoms with Gasteiger partial charge >= 0.3 is 5.97 Å². The van der Waals surface area contributed by atoms with E-state index in [9.17, 15) is 14.7 Å².